The van der Waals surface area contributed by atoms with E-state index < -0.39 is 0 Å². The lowest BCUT2D eigenvalue weighted by atomic mass is 9.95. The quantitative estimate of drug-likeness (QED) is 0.661. The third-order valence-corrected chi connectivity index (χ3v) is 4.98. The third-order valence-electron chi connectivity index (χ3n) is 4.98. The van der Waals surface area contributed by atoms with Gasteiger partial charge in [-0.25, -0.2) is 5.43 Å². The fourth-order valence-corrected chi connectivity index (χ4v) is 3.92. The van der Waals surface area contributed by atoms with E-state index in [2.05, 4.69) is 65.2 Å². The molecule has 0 spiro atoms. The number of nitrogens with zero attached hydrogens (tertiary/aromatic N) is 1. The summed E-state index contributed by atoms with van der Waals surface area (Å²) in [5.41, 5.74) is 8.09. The summed E-state index contributed by atoms with van der Waals surface area (Å²) >= 11 is 0. The molecule has 3 rings (SSSR count). The molecule has 2 aliphatic heterocycles. The Morgan fingerprint density at radius 2 is 1.92 bits per heavy atom. The summed E-state index contributed by atoms with van der Waals surface area (Å²) in [6.45, 7) is 10.8. The standard InChI is InChI=1S/C19H32N4O/c1-15-13-23(14-16(2)24-15)10-6-9-20-11-18-12-21-22-19(18)17-7-4-3-5-8-17/h3-5,7-8,15-16,18-22H,6,9-14H2,1-2H3. The van der Waals surface area contributed by atoms with Crippen LogP contribution in [-0.4, -0.2) is 56.4 Å². The molecular formula is C19H32N4O. The maximum atomic E-state index is 5.79. The van der Waals surface area contributed by atoms with E-state index in [0.29, 0.717) is 24.2 Å². The summed E-state index contributed by atoms with van der Waals surface area (Å²) in [7, 11) is 0. The monoisotopic (exact) mass is 332 g/mol. The Kier molecular flexibility index (Phi) is 6.63. The Morgan fingerprint density at radius 1 is 1.17 bits per heavy atom. The molecule has 1 aromatic carbocycles. The number of rotatable bonds is 7. The zero-order chi connectivity index (χ0) is 16.8. The van der Waals surface area contributed by atoms with E-state index in [4.69, 9.17) is 4.74 Å². The maximum Gasteiger partial charge on any atom is 0.0678 e. The molecule has 4 atom stereocenters. The van der Waals surface area contributed by atoms with Crippen molar-refractivity contribution in [3.63, 3.8) is 0 Å². The molecule has 0 saturated carbocycles. The van der Waals surface area contributed by atoms with Crippen molar-refractivity contribution in [3.05, 3.63) is 35.9 Å². The minimum absolute atomic E-state index is 0.365. The molecule has 4 unspecified atom stereocenters. The van der Waals surface area contributed by atoms with E-state index in [1.165, 1.54) is 12.0 Å². The number of hydrazine groups is 1. The molecule has 1 aromatic rings. The van der Waals surface area contributed by atoms with Gasteiger partial charge in [-0.1, -0.05) is 30.3 Å². The molecule has 0 aliphatic carbocycles. The molecule has 24 heavy (non-hydrogen) atoms. The first kappa shape index (κ1) is 17.8. The van der Waals surface area contributed by atoms with E-state index in [0.717, 1.165) is 39.3 Å². The topological polar surface area (TPSA) is 48.6 Å². The van der Waals surface area contributed by atoms with Crippen molar-refractivity contribution >= 4 is 0 Å². The fourth-order valence-electron chi connectivity index (χ4n) is 3.92. The van der Waals surface area contributed by atoms with Gasteiger partial charge in [0.15, 0.2) is 0 Å². The SMILES string of the molecule is CC1CN(CCCNCC2CNNC2c2ccccc2)CC(C)O1. The summed E-state index contributed by atoms with van der Waals surface area (Å²) < 4.78 is 5.79. The van der Waals surface area contributed by atoms with Gasteiger partial charge in [0, 0.05) is 32.1 Å². The van der Waals surface area contributed by atoms with Gasteiger partial charge in [0.25, 0.3) is 0 Å². The molecular weight excluding hydrogens is 300 g/mol. The summed E-state index contributed by atoms with van der Waals surface area (Å²) in [6, 6.07) is 11.1. The highest BCUT2D eigenvalue weighted by atomic mass is 16.5. The molecule has 3 N–H and O–H groups in total. The molecule has 5 nitrogen and oxygen atoms in total. The van der Waals surface area contributed by atoms with Crippen LogP contribution in [0.2, 0.25) is 0 Å². The number of hydrogen-bond donors (Lipinski definition) is 3. The first-order valence-corrected chi connectivity index (χ1v) is 9.34. The lowest BCUT2D eigenvalue weighted by molar-refractivity contribution is -0.0680. The van der Waals surface area contributed by atoms with Crippen LogP contribution < -0.4 is 16.2 Å². The molecule has 2 fully saturated rings. The summed E-state index contributed by atoms with van der Waals surface area (Å²) in [5.74, 6) is 0.593. The van der Waals surface area contributed by atoms with Crippen LogP contribution in [0.4, 0.5) is 0 Å². The maximum absolute atomic E-state index is 5.79. The Balaban J connectivity index is 1.34. The minimum atomic E-state index is 0.365. The average Bonchev–Trinajstić information content (AvgIpc) is 3.03. The fraction of sp³-hybridized carbons (Fsp3) is 0.684. The van der Waals surface area contributed by atoms with Gasteiger partial charge >= 0.3 is 0 Å². The zero-order valence-corrected chi connectivity index (χ0v) is 15.0. The Morgan fingerprint density at radius 3 is 2.67 bits per heavy atom. The number of ether oxygens (including phenoxy) is 1. The summed E-state index contributed by atoms with van der Waals surface area (Å²) in [6.07, 6.45) is 1.93. The van der Waals surface area contributed by atoms with E-state index in [9.17, 15) is 0 Å². The highest BCUT2D eigenvalue weighted by molar-refractivity contribution is 5.20. The van der Waals surface area contributed by atoms with Crippen LogP contribution in [0.15, 0.2) is 30.3 Å². The summed E-state index contributed by atoms with van der Waals surface area (Å²) in [5, 5.41) is 3.65. The van der Waals surface area contributed by atoms with E-state index in [1.807, 2.05) is 0 Å². The molecule has 2 heterocycles. The van der Waals surface area contributed by atoms with Gasteiger partial charge in [-0.05, 0) is 38.9 Å². The van der Waals surface area contributed by atoms with Gasteiger partial charge in [-0.3, -0.25) is 10.3 Å². The van der Waals surface area contributed by atoms with Gasteiger partial charge < -0.3 is 10.1 Å². The molecule has 2 aliphatic rings. The first-order chi connectivity index (χ1) is 11.7. The van der Waals surface area contributed by atoms with Gasteiger partial charge in [0.1, 0.15) is 0 Å². The molecule has 0 aromatic heterocycles. The van der Waals surface area contributed by atoms with Crippen LogP contribution in [-0.2, 0) is 4.74 Å². The molecule has 5 heteroatoms. The average molecular weight is 332 g/mol. The van der Waals surface area contributed by atoms with Crippen molar-refractivity contribution < 1.29 is 4.74 Å². The van der Waals surface area contributed by atoms with Crippen molar-refractivity contribution in [2.75, 3.05) is 39.3 Å². The van der Waals surface area contributed by atoms with Gasteiger partial charge in [-0.15, -0.1) is 0 Å². The number of nitrogens with one attached hydrogen (secondary N) is 3. The number of morpholine rings is 1. The second-order valence-electron chi connectivity index (χ2n) is 7.25. The van der Waals surface area contributed by atoms with E-state index in [-0.39, 0.29) is 0 Å². The van der Waals surface area contributed by atoms with E-state index >= 15 is 0 Å². The van der Waals surface area contributed by atoms with Crippen LogP contribution in [0.1, 0.15) is 31.9 Å². The predicted molar refractivity (Wildman–Crippen MR) is 97.7 cm³/mol. The van der Waals surface area contributed by atoms with Crippen LogP contribution in [0, 0.1) is 5.92 Å². The van der Waals surface area contributed by atoms with Crippen LogP contribution in [0.5, 0.6) is 0 Å². The lowest BCUT2D eigenvalue weighted by Gasteiger charge is -2.35. The summed E-state index contributed by atoms with van der Waals surface area (Å²) in [4.78, 5) is 2.53. The highest BCUT2D eigenvalue weighted by Crippen LogP contribution is 2.23. The largest absolute Gasteiger partial charge is 0.373 e. The molecule has 0 bridgehead atoms. The third kappa shape index (κ3) is 5.01. The zero-order valence-electron chi connectivity index (χ0n) is 15.0. The van der Waals surface area contributed by atoms with Crippen molar-refractivity contribution in [3.8, 4) is 0 Å². The number of hydrogen-bond acceptors (Lipinski definition) is 5. The van der Waals surface area contributed by atoms with Crippen molar-refractivity contribution in [2.24, 2.45) is 5.92 Å². The van der Waals surface area contributed by atoms with Crippen molar-refractivity contribution in [1.82, 2.24) is 21.1 Å². The normalized spacial score (nSPS) is 31.4. The molecule has 0 radical (unpaired) electrons. The predicted octanol–water partition coefficient (Wildman–Crippen LogP) is 1.54. The lowest BCUT2D eigenvalue weighted by Crippen LogP contribution is -2.46. The van der Waals surface area contributed by atoms with E-state index in [1.54, 1.807) is 0 Å². The Hall–Kier alpha value is -0.980. The van der Waals surface area contributed by atoms with Gasteiger partial charge in [-0.2, -0.15) is 0 Å². The molecule has 0 amide bonds. The number of benzene rings is 1. The molecule has 134 valence electrons. The van der Waals surface area contributed by atoms with Crippen molar-refractivity contribution in [2.45, 2.75) is 38.5 Å². The van der Waals surface area contributed by atoms with Gasteiger partial charge in [0.05, 0.1) is 18.2 Å². The first-order valence-electron chi connectivity index (χ1n) is 9.34. The van der Waals surface area contributed by atoms with Crippen LogP contribution in [0.3, 0.4) is 0 Å². The highest BCUT2D eigenvalue weighted by Gasteiger charge is 2.27. The smallest absolute Gasteiger partial charge is 0.0678 e. The van der Waals surface area contributed by atoms with Crippen LogP contribution in [0.25, 0.3) is 0 Å². The Bertz CT molecular complexity index is 474. The molecule has 2 saturated heterocycles. The van der Waals surface area contributed by atoms with Crippen molar-refractivity contribution in [1.29, 1.82) is 0 Å². The second-order valence-corrected chi connectivity index (χ2v) is 7.25. The second kappa shape index (κ2) is 8.92. The minimum Gasteiger partial charge on any atom is -0.373 e. The Labute approximate surface area is 146 Å². The van der Waals surface area contributed by atoms with Gasteiger partial charge in [0.2, 0.25) is 0 Å². The van der Waals surface area contributed by atoms with Crippen LogP contribution >= 0.6 is 0 Å².